The maximum Gasteiger partial charge on any atom is 0.261 e. The molecule has 0 fully saturated rings. The van der Waals surface area contributed by atoms with Gasteiger partial charge >= 0.3 is 0 Å². The number of hydrogen-bond donors (Lipinski definition) is 2. The van der Waals surface area contributed by atoms with Gasteiger partial charge in [-0.1, -0.05) is 15.9 Å². The fourth-order valence-electron chi connectivity index (χ4n) is 2.04. The van der Waals surface area contributed by atoms with Crippen LogP contribution in [0, 0.1) is 12.7 Å². The highest BCUT2D eigenvalue weighted by Gasteiger charge is 2.16. The van der Waals surface area contributed by atoms with E-state index in [-0.39, 0.29) is 18.3 Å². The Morgan fingerprint density at radius 3 is 2.52 bits per heavy atom. The molecule has 1 atom stereocenters. The number of hydrogen-bond acceptors (Lipinski definition) is 3. The molecule has 0 spiro atoms. The molecule has 0 aliphatic heterocycles. The number of carbonyl (C=O) groups is 2. The zero-order chi connectivity index (χ0) is 18.4. The summed E-state index contributed by atoms with van der Waals surface area (Å²) >= 11 is 3.35. The SMILES string of the molecule is Cc1cc(Br)ccc1NC(=O)CNC(=O)[C@@H](C)Oc1ccc(F)cc1. The van der Waals surface area contributed by atoms with Crippen LogP contribution in [0.1, 0.15) is 12.5 Å². The summed E-state index contributed by atoms with van der Waals surface area (Å²) in [5.41, 5.74) is 1.58. The second kappa shape index (κ2) is 8.62. The van der Waals surface area contributed by atoms with Gasteiger partial charge in [-0.3, -0.25) is 9.59 Å². The molecule has 5 nitrogen and oxygen atoms in total. The first-order valence-corrected chi connectivity index (χ1v) is 8.40. The molecule has 0 bridgehead atoms. The molecule has 7 heteroatoms. The Labute approximate surface area is 153 Å². The van der Waals surface area contributed by atoms with Gasteiger partial charge in [0, 0.05) is 10.2 Å². The molecular weight excluding hydrogens is 391 g/mol. The zero-order valence-electron chi connectivity index (χ0n) is 13.8. The first-order chi connectivity index (χ1) is 11.8. The number of amides is 2. The molecule has 25 heavy (non-hydrogen) atoms. The lowest BCUT2D eigenvalue weighted by Crippen LogP contribution is -2.40. The molecule has 2 amide bonds. The lowest BCUT2D eigenvalue weighted by Gasteiger charge is -2.15. The van der Waals surface area contributed by atoms with Crippen molar-refractivity contribution in [1.82, 2.24) is 5.32 Å². The van der Waals surface area contributed by atoms with E-state index < -0.39 is 12.0 Å². The molecule has 0 aliphatic rings. The van der Waals surface area contributed by atoms with Gasteiger partial charge in [-0.2, -0.15) is 0 Å². The van der Waals surface area contributed by atoms with Crippen molar-refractivity contribution in [2.24, 2.45) is 0 Å². The maximum atomic E-state index is 12.8. The van der Waals surface area contributed by atoms with Crippen molar-refractivity contribution in [3.05, 3.63) is 58.3 Å². The lowest BCUT2D eigenvalue weighted by molar-refractivity contribution is -0.129. The smallest absolute Gasteiger partial charge is 0.261 e. The highest BCUT2D eigenvalue weighted by Crippen LogP contribution is 2.19. The summed E-state index contributed by atoms with van der Waals surface area (Å²) in [7, 11) is 0. The Hall–Kier alpha value is -2.41. The van der Waals surface area contributed by atoms with E-state index in [0.717, 1.165) is 10.0 Å². The number of halogens is 2. The molecule has 2 N–H and O–H groups in total. The first kappa shape index (κ1) is 18.9. The largest absolute Gasteiger partial charge is 0.481 e. The molecule has 0 saturated carbocycles. The van der Waals surface area contributed by atoms with Gasteiger partial charge in [-0.15, -0.1) is 0 Å². The molecule has 0 aliphatic carbocycles. The van der Waals surface area contributed by atoms with Crippen molar-refractivity contribution < 1.29 is 18.7 Å². The Balaban J connectivity index is 1.82. The summed E-state index contributed by atoms with van der Waals surface area (Å²) in [6.07, 6.45) is -0.812. The Kier molecular flexibility index (Phi) is 6.52. The van der Waals surface area contributed by atoms with Crippen molar-refractivity contribution in [3.63, 3.8) is 0 Å². The van der Waals surface area contributed by atoms with E-state index in [9.17, 15) is 14.0 Å². The Morgan fingerprint density at radius 1 is 1.20 bits per heavy atom. The number of nitrogens with one attached hydrogen (secondary N) is 2. The minimum Gasteiger partial charge on any atom is -0.481 e. The summed E-state index contributed by atoms with van der Waals surface area (Å²) < 4.78 is 19.2. The van der Waals surface area contributed by atoms with Crippen LogP contribution in [-0.4, -0.2) is 24.5 Å². The number of carbonyl (C=O) groups excluding carboxylic acids is 2. The minimum atomic E-state index is -0.812. The Bertz CT molecular complexity index is 765. The summed E-state index contributed by atoms with van der Waals surface area (Å²) in [6, 6.07) is 10.8. The van der Waals surface area contributed by atoms with Crippen molar-refractivity contribution >= 4 is 33.4 Å². The van der Waals surface area contributed by atoms with Gasteiger partial charge in [0.25, 0.3) is 5.91 Å². The van der Waals surface area contributed by atoms with E-state index in [0.29, 0.717) is 11.4 Å². The van der Waals surface area contributed by atoms with Crippen LogP contribution < -0.4 is 15.4 Å². The van der Waals surface area contributed by atoms with Gasteiger partial charge in [0.2, 0.25) is 5.91 Å². The highest BCUT2D eigenvalue weighted by atomic mass is 79.9. The lowest BCUT2D eigenvalue weighted by atomic mass is 10.2. The van der Waals surface area contributed by atoms with Crippen LogP contribution in [0.4, 0.5) is 10.1 Å². The minimum absolute atomic E-state index is 0.175. The summed E-state index contributed by atoms with van der Waals surface area (Å²) in [6.45, 7) is 3.25. The summed E-state index contributed by atoms with van der Waals surface area (Å²) in [4.78, 5) is 23.9. The number of benzene rings is 2. The molecule has 0 saturated heterocycles. The van der Waals surface area contributed by atoms with Crippen molar-refractivity contribution in [2.75, 3.05) is 11.9 Å². The van der Waals surface area contributed by atoms with E-state index >= 15 is 0 Å². The summed E-state index contributed by atoms with van der Waals surface area (Å²) in [5, 5.41) is 5.24. The standard InChI is InChI=1S/C18H18BrFN2O3/c1-11-9-13(19)3-8-16(11)22-17(23)10-21-18(24)12(2)25-15-6-4-14(20)5-7-15/h3-9,12H,10H2,1-2H3,(H,21,24)(H,22,23)/t12-/m1/s1. The molecule has 2 aromatic carbocycles. The third-order valence-corrected chi connectivity index (χ3v) is 3.87. The number of anilines is 1. The van der Waals surface area contributed by atoms with Gasteiger partial charge in [-0.25, -0.2) is 4.39 Å². The van der Waals surface area contributed by atoms with Crippen LogP contribution in [0.2, 0.25) is 0 Å². The van der Waals surface area contributed by atoms with Crippen LogP contribution in [0.5, 0.6) is 5.75 Å². The van der Waals surface area contributed by atoms with Gasteiger partial charge in [0.15, 0.2) is 6.10 Å². The third-order valence-electron chi connectivity index (χ3n) is 3.38. The van der Waals surface area contributed by atoms with Gasteiger partial charge in [0.05, 0.1) is 6.54 Å². The zero-order valence-corrected chi connectivity index (χ0v) is 15.4. The van der Waals surface area contributed by atoms with E-state index in [1.54, 1.807) is 13.0 Å². The molecule has 0 radical (unpaired) electrons. The van der Waals surface area contributed by atoms with Crippen molar-refractivity contribution in [2.45, 2.75) is 20.0 Å². The molecule has 132 valence electrons. The average Bonchev–Trinajstić information content (AvgIpc) is 2.57. The Morgan fingerprint density at radius 2 is 1.88 bits per heavy atom. The number of rotatable bonds is 6. The van der Waals surface area contributed by atoms with Crippen LogP contribution in [0.25, 0.3) is 0 Å². The van der Waals surface area contributed by atoms with Crippen molar-refractivity contribution in [1.29, 1.82) is 0 Å². The number of ether oxygens (including phenoxy) is 1. The van der Waals surface area contributed by atoms with Crippen LogP contribution in [0.3, 0.4) is 0 Å². The fraction of sp³-hybridized carbons (Fsp3) is 0.222. The first-order valence-electron chi connectivity index (χ1n) is 7.61. The molecule has 2 aromatic rings. The summed E-state index contributed by atoms with van der Waals surface area (Å²) in [5.74, 6) is -0.789. The van der Waals surface area contributed by atoms with E-state index in [1.807, 2.05) is 19.1 Å². The average molecular weight is 409 g/mol. The molecule has 0 unspecified atom stereocenters. The normalized spacial score (nSPS) is 11.5. The fourth-order valence-corrected chi connectivity index (χ4v) is 2.52. The van der Waals surface area contributed by atoms with Crippen LogP contribution in [-0.2, 0) is 9.59 Å². The van der Waals surface area contributed by atoms with Crippen LogP contribution >= 0.6 is 15.9 Å². The predicted molar refractivity (Wildman–Crippen MR) is 97.0 cm³/mol. The maximum absolute atomic E-state index is 12.8. The predicted octanol–water partition coefficient (Wildman–Crippen LogP) is 3.42. The second-order valence-electron chi connectivity index (χ2n) is 5.44. The van der Waals surface area contributed by atoms with Crippen molar-refractivity contribution in [3.8, 4) is 5.75 Å². The number of aryl methyl sites for hydroxylation is 1. The topological polar surface area (TPSA) is 67.4 Å². The van der Waals surface area contributed by atoms with Gasteiger partial charge < -0.3 is 15.4 Å². The van der Waals surface area contributed by atoms with Gasteiger partial charge in [-0.05, 0) is 61.9 Å². The van der Waals surface area contributed by atoms with Gasteiger partial charge in [0.1, 0.15) is 11.6 Å². The third kappa shape index (κ3) is 5.86. The van der Waals surface area contributed by atoms with Crippen LogP contribution in [0.15, 0.2) is 46.9 Å². The monoisotopic (exact) mass is 408 g/mol. The molecule has 0 aromatic heterocycles. The molecular formula is C18H18BrFN2O3. The van der Waals surface area contributed by atoms with E-state index in [4.69, 9.17) is 4.74 Å². The molecule has 0 heterocycles. The van der Waals surface area contributed by atoms with E-state index in [2.05, 4.69) is 26.6 Å². The quantitative estimate of drug-likeness (QED) is 0.769. The van der Waals surface area contributed by atoms with E-state index in [1.165, 1.54) is 24.3 Å². The molecule has 2 rings (SSSR count). The second-order valence-corrected chi connectivity index (χ2v) is 6.35. The highest BCUT2D eigenvalue weighted by molar-refractivity contribution is 9.10.